The van der Waals surface area contributed by atoms with E-state index in [-0.39, 0.29) is 29.8 Å². The molecule has 2 saturated heterocycles. The molecule has 3 heterocycles. The van der Waals surface area contributed by atoms with Crippen LogP contribution in [0, 0.1) is 17.3 Å². The number of nitrogens with zero attached hydrogens (tertiary/aromatic N) is 1. The molecule has 38 heavy (non-hydrogen) atoms. The standard InChI is InChI=1S/C31H41NO6/c1-6-9-22-28(35)19(2)10-7-14-31(5)26(38-31)17-24(21-13-12-20-11-8-15-32-23(20)16-21)37-27(34)18-25(33)30(3,4)29(22)36/h6,8,11-13,15-16,19,22,24-26,28,33,35H,1,7,9-10,14,17-18H2,2-5H3/t19-,22+,24-,25-,26?,28+,31?/m0/s1. The summed E-state index contributed by atoms with van der Waals surface area (Å²) in [6, 6.07) is 9.68. The van der Waals surface area contributed by atoms with Crippen LogP contribution in [0.25, 0.3) is 10.9 Å². The number of aromatic nitrogens is 1. The highest BCUT2D eigenvalue weighted by Gasteiger charge is 2.53. The summed E-state index contributed by atoms with van der Waals surface area (Å²) in [7, 11) is 0. The van der Waals surface area contributed by atoms with E-state index in [0.29, 0.717) is 12.8 Å². The van der Waals surface area contributed by atoms with Gasteiger partial charge in [0.1, 0.15) is 11.9 Å². The van der Waals surface area contributed by atoms with E-state index in [0.717, 1.165) is 35.7 Å². The number of benzene rings is 1. The number of aliphatic hydroxyl groups is 2. The van der Waals surface area contributed by atoms with Crippen LogP contribution in [0.4, 0.5) is 0 Å². The zero-order chi connectivity index (χ0) is 27.7. The molecule has 1 aromatic carbocycles. The predicted molar refractivity (Wildman–Crippen MR) is 145 cm³/mol. The molecule has 7 atom stereocenters. The molecule has 7 nitrogen and oxygen atoms in total. The second-order valence-corrected chi connectivity index (χ2v) is 11.9. The lowest BCUT2D eigenvalue weighted by Crippen LogP contribution is -2.46. The normalized spacial score (nSPS) is 34.8. The second-order valence-electron chi connectivity index (χ2n) is 11.9. The summed E-state index contributed by atoms with van der Waals surface area (Å²) >= 11 is 0. The molecular formula is C31H41NO6. The van der Waals surface area contributed by atoms with Gasteiger partial charge in [0.25, 0.3) is 0 Å². The lowest BCUT2D eigenvalue weighted by atomic mass is 9.71. The van der Waals surface area contributed by atoms with Gasteiger partial charge in [-0.3, -0.25) is 14.6 Å². The minimum absolute atomic E-state index is 0.0793. The fourth-order valence-corrected chi connectivity index (χ4v) is 5.72. The molecule has 0 saturated carbocycles. The monoisotopic (exact) mass is 523 g/mol. The van der Waals surface area contributed by atoms with Crippen molar-refractivity contribution in [2.75, 3.05) is 0 Å². The van der Waals surface area contributed by atoms with Crippen LogP contribution in [0.5, 0.6) is 0 Å². The Kier molecular flexibility index (Phi) is 8.40. The van der Waals surface area contributed by atoms with E-state index in [1.807, 2.05) is 37.3 Å². The first kappa shape index (κ1) is 28.4. The van der Waals surface area contributed by atoms with Crippen LogP contribution in [-0.4, -0.2) is 50.9 Å². The third kappa shape index (κ3) is 6.00. The van der Waals surface area contributed by atoms with Crippen LogP contribution >= 0.6 is 0 Å². The highest BCUT2D eigenvalue weighted by molar-refractivity contribution is 5.88. The number of ether oxygens (including phenoxy) is 2. The third-order valence-corrected chi connectivity index (χ3v) is 8.65. The summed E-state index contributed by atoms with van der Waals surface area (Å²) in [5.74, 6) is -1.70. The van der Waals surface area contributed by atoms with Gasteiger partial charge in [-0.05, 0) is 49.8 Å². The van der Waals surface area contributed by atoms with E-state index in [1.165, 1.54) is 0 Å². The first-order valence-corrected chi connectivity index (χ1v) is 13.7. The highest BCUT2D eigenvalue weighted by Crippen LogP contribution is 2.46. The average molecular weight is 524 g/mol. The third-order valence-electron chi connectivity index (χ3n) is 8.65. The van der Waals surface area contributed by atoms with Crippen molar-refractivity contribution in [1.29, 1.82) is 0 Å². The number of pyridine rings is 1. The molecule has 0 spiro atoms. The number of fused-ring (bicyclic) bond motifs is 2. The fraction of sp³-hybridized carbons (Fsp3) is 0.581. The Morgan fingerprint density at radius 1 is 1.18 bits per heavy atom. The fourth-order valence-electron chi connectivity index (χ4n) is 5.72. The number of ketones is 1. The Morgan fingerprint density at radius 2 is 1.95 bits per heavy atom. The molecule has 2 aliphatic heterocycles. The molecule has 2 unspecified atom stereocenters. The van der Waals surface area contributed by atoms with Crippen LogP contribution in [0.15, 0.2) is 49.2 Å². The van der Waals surface area contributed by atoms with Gasteiger partial charge >= 0.3 is 5.97 Å². The van der Waals surface area contributed by atoms with Crippen LogP contribution < -0.4 is 0 Å². The van der Waals surface area contributed by atoms with Gasteiger partial charge in [0.2, 0.25) is 0 Å². The maximum Gasteiger partial charge on any atom is 0.309 e. The van der Waals surface area contributed by atoms with E-state index in [1.54, 1.807) is 26.1 Å². The van der Waals surface area contributed by atoms with Gasteiger partial charge < -0.3 is 19.7 Å². The summed E-state index contributed by atoms with van der Waals surface area (Å²) in [5, 5.41) is 23.2. The number of Topliss-reactive ketones (excluding diaryl/α,β-unsaturated/α-hetero) is 1. The molecule has 0 aliphatic carbocycles. The Hall–Kier alpha value is -2.61. The Bertz CT molecular complexity index is 1180. The van der Waals surface area contributed by atoms with Crippen molar-refractivity contribution in [3.8, 4) is 0 Å². The van der Waals surface area contributed by atoms with Crippen molar-refractivity contribution >= 4 is 22.7 Å². The number of esters is 1. The molecule has 0 bridgehead atoms. The SMILES string of the molecule is C=CC[C@H]1C(=O)C(C)(C)[C@@H](O)CC(=O)O[C@H](c2ccc3cccnc3c2)CC2OC2(C)CCC[C@H](C)[C@H]1O. The van der Waals surface area contributed by atoms with E-state index >= 15 is 0 Å². The lowest BCUT2D eigenvalue weighted by Gasteiger charge is -2.35. The molecule has 4 rings (SSSR count). The van der Waals surface area contributed by atoms with Gasteiger partial charge in [0.15, 0.2) is 0 Å². The quantitative estimate of drug-likeness (QED) is 0.328. The Balaban J connectivity index is 1.63. The highest BCUT2D eigenvalue weighted by atomic mass is 16.6. The zero-order valence-corrected chi connectivity index (χ0v) is 22.9. The molecule has 2 aromatic rings. The zero-order valence-electron chi connectivity index (χ0n) is 22.9. The summed E-state index contributed by atoms with van der Waals surface area (Å²) in [6.45, 7) is 11.0. The van der Waals surface area contributed by atoms with Crippen LogP contribution in [0.2, 0.25) is 0 Å². The van der Waals surface area contributed by atoms with Crippen molar-refractivity contribution < 1.29 is 29.3 Å². The van der Waals surface area contributed by atoms with Crippen molar-refractivity contribution in [2.45, 2.75) is 96.2 Å². The largest absolute Gasteiger partial charge is 0.457 e. The number of hydrogen-bond acceptors (Lipinski definition) is 7. The molecule has 0 radical (unpaired) electrons. The van der Waals surface area contributed by atoms with Crippen molar-refractivity contribution in [1.82, 2.24) is 4.98 Å². The van der Waals surface area contributed by atoms with Crippen molar-refractivity contribution in [3.63, 3.8) is 0 Å². The molecule has 0 amide bonds. The smallest absolute Gasteiger partial charge is 0.309 e. The van der Waals surface area contributed by atoms with Crippen LogP contribution in [-0.2, 0) is 19.1 Å². The van der Waals surface area contributed by atoms with Crippen molar-refractivity contribution in [2.24, 2.45) is 17.3 Å². The predicted octanol–water partition coefficient (Wildman–Crippen LogP) is 5.09. The number of aliphatic hydroxyl groups excluding tert-OH is 2. The lowest BCUT2D eigenvalue weighted by molar-refractivity contribution is -0.156. The number of carbonyl (C=O) groups is 2. The van der Waals surface area contributed by atoms with Crippen LogP contribution in [0.3, 0.4) is 0 Å². The maximum absolute atomic E-state index is 13.6. The van der Waals surface area contributed by atoms with E-state index < -0.39 is 35.6 Å². The van der Waals surface area contributed by atoms with Crippen LogP contribution in [0.1, 0.15) is 77.9 Å². The number of cyclic esters (lactones) is 1. The van der Waals surface area contributed by atoms with Gasteiger partial charge in [-0.15, -0.1) is 6.58 Å². The molecule has 2 N–H and O–H groups in total. The number of allylic oxidation sites excluding steroid dienone is 1. The Labute approximate surface area is 225 Å². The minimum atomic E-state index is -1.27. The van der Waals surface area contributed by atoms with Gasteiger partial charge in [0.05, 0.1) is 41.3 Å². The summed E-state index contributed by atoms with van der Waals surface area (Å²) in [6.07, 6.45) is 3.37. The maximum atomic E-state index is 13.6. The average Bonchev–Trinajstić information content (AvgIpc) is 3.53. The molecule has 2 aliphatic rings. The summed E-state index contributed by atoms with van der Waals surface area (Å²) < 4.78 is 12.1. The van der Waals surface area contributed by atoms with E-state index in [9.17, 15) is 19.8 Å². The molecule has 1 aromatic heterocycles. The van der Waals surface area contributed by atoms with E-state index in [4.69, 9.17) is 9.47 Å². The number of epoxide rings is 1. The second kappa shape index (κ2) is 11.2. The topological polar surface area (TPSA) is 109 Å². The van der Waals surface area contributed by atoms with Gasteiger partial charge in [-0.1, -0.05) is 51.5 Å². The molecule has 7 heteroatoms. The summed E-state index contributed by atoms with van der Waals surface area (Å²) in [4.78, 5) is 31.2. The van der Waals surface area contributed by atoms with Gasteiger partial charge in [0, 0.05) is 23.9 Å². The first-order valence-electron chi connectivity index (χ1n) is 13.7. The number of hydrogen-bond donors (Lipinski definition) is 2. The van der Waals surface area contributed by atoms with Gasteiger partial charge in [-0.25, -0.2) is 0 Å². The summed E-state index contributed by atoms with van der Waals surface area (Å²) in [5.41, 5.74) is 0.0287. The van der Waals surface area contributed by atoms with E-state index in [2.05, 4.69) is 18.5 Å². The minimum Gasteiger partial charge on any atom is -0.457 e. The number of rotatable bonds is 3. The molecule has 206 valence electrons. The van der Waals surface area contributed by atoms with Gasteiger partial charge in [-0.2, -0.15) is 0 Å². The number of carbonyl (C=O) groups excluding carboxylic acids is 2. The Morgan fingerprint density at radius 3 is 2.68 bits per heavy atom. The first-order chi connectivity index (χ1) is 18.0. The van der Waals surface area contributed by atoms with Crippen molar-refractivity contribution in [3.05, 3.63) is 54.7 Å². The molecule has 2 fully saturated rings. The molecular weight excluding hydrogens is 482 g/mol.